The van der Waals surface area contributed by atoms with Gasteiger partial charge in [0.15, 0.2) is 0 Å². The molecule has 356 valence electrons. The molecule has 9 N–H and O–H groups in total. The Labute approximate surface area is 369 Å². The Morgan fingerprint density at radius 2 is 0.836 bits per heavy atom. The number of ether oxygens (including phenoxy) is 3. The van der Waals surface area contributed by atoms with Gasteiger partial charge in [0.1, 0.15) is 23.4 Å². The predicted molar refractivity (Wildman–Crippen MR) is 243 cm³/mol. The van der Waals surface area contributed by atoms with E-state index >= 15 is 0 Å². The average Bonchev–Trinajstić information content (AvgIpc) is 3.01. The Bertz CT molecular complexity index is 1600. The van der Waals surface area contributed by atoms with Crippen LogP contribution in [0.1, 0.15) is 151 Å². The Hall–Kier alpha value is -3.15. The van der Waals surface area contributed by atoms with Crippen molar-refractivity contribution in [2.45, 2.75) is 189 Å². The molecule has 0 spiro atoms. The smallest absolute Gasteiger partial charge is 0.426 e. The van der Waals surface area contributed by atoms with E-state index in [1.54, 1.807) is 62.3 Å². The lowest BCUT2D eigenvalue weighted by Crippen LogP contribution is -2.59. The van der Waals surface area contributed by atoms with Gasteiger partial charge >= 0.3 is 18.3 Å². The molecule has 1 atom stereocenters. The van der Waals surface area contributed by atoms with Crippen LogP contribution in [0.5, 0.6) is 0 Å². The van der Waals surface area contributed by atoms with Gasteiger partial charge in [0, 0.05) is 54.7 Å². The summed E-state index contributed by atoms with van der Waals surface area (Å²) in [6, 6.07) is 0. The maximum Gasteiger partial charge on any atom is 0.426 e. The molecule has 0 aromatic rings. The summed E-state index contributed by atoms with van der Waals surface area (Å²) in [5, 5.41) is 9.32. The molecule has 0 aliphatic rings. The Balaban J connectivity index is 6.81. The topological polar surface area (TPSA) is 263 Å². The first-order chi connectivity index (χ1) is 27.1. The van der Waals surface area contributed by atoms with Gasteiger partial charge < -0.3 is 14.2 Å². The fourth-order valence-electron chi connectivity index (χ4n) is 4.84. The van der Waals surface area contributed by atoms with E-state index in [4.69, 9.17) is 34.9 Å². The second kappa shape index (κ2) is 22.5. The molecule has 20 nitrogen and oxygen atoms in total. The molecule has 0 aliphatic carbocycles. The Morgan fingerprint density at radius 3 is 1.13 bits per heavy atom. The highest BCUT2D eigenvalue weighted by Crippen LogP contribution is 2.67. The number of hydrogen-bond acceptors (Lipinski definition) is 11. The van der Waals surface area contributed by atoms with Crippen molar-refractivity contribution < 1.29 is 43.0 Å². The molecule has 0 aliphatic heterocycles. The van der Waals surface area contributed by atoms with Gasteiger partial charge in [-0.3, -0.25) is 55.4 Å². The molecule has 0 radical (unpaired) electrons. The highest BCUT2D eigenvalue weighted by molar-refractivity contribution is 7.90. The number of amides is 6. The molecule has 0 aromatic heterocycles. The zero-order chi connectivity index (χ0) is 48.1. The SMILES string of the molecule is CC(C)(C)N=P(NCCC(=O)NNC(=O)OC(C)(C)C)(NCCC(=O)NNC(=O)OC(C)(C)C)C(C)(C)C(C)(C)NP(Cl)(=NCCC(=O)NNC(=O)OC(C)(C)C)C(C)(C)C. The Kier molecular flexibility index (Phi) is 21.3. The molecule has 61 heavy (non-hydrogen) atoms. The van der Waals surface area contributed by atoms with Crippen LogP contribution in [0.4, 0.5) is 14.4 Å². The van der Waals surface area contributed by atoms with Crippen molar-refractivity contribution in [2.24, 2.45) is 9.49 Å². The lowest BCUT2D eigenvalue weighted by Gasteiger charge is -2.53. The van der Waals surface area contributed by atoms with Crippen LogP contribution in [0.3, 0.4) is 0 Å². The van der Waals surface area contributed by atoms with Gasteiger partial charge in [0.05, 0.1) is 12.9 Å². The fraction of sp³-hybridized carbons (Fsp3) is 0.842. The van der Waals surface area contributed by atoms with E-state index in [-0.39, 0.29) is 38.9 Å². The van der Waals surface area contributed by atoms with Crippen LogP contribution < -0.4 is 47.8 Å². The van der Waals surface area contributed by atoms with E-state index in [9.17, 15) is 28.8 Å². The molecule has 6 amide bonds. The zero-order valence-electron chi connectivity index (χ0n) is 40.1. The molecule has 23 heteroatoms. The summed E-state index contributed by atoms with van der Waals surface area (Å²) >= 11 is 7.52. The summed E-state index contributed by atoms with van der Waals surface area (Å²) in [5.74, 6) is -1.50. The summed E-state index contributed by atoms with van der Waals surface area (Å²) in [4.78, 5) is 75.0. The number of rotatable bonds is 15. The average molecular weight is 931 g/mol. The van der Waals surface area contributed by atoms with Crippen LogP contribution in [0.25, 0.3) is 0 Å². The number of hydrogen-bond donors (Lipinski definition) is 9. The largest absolute Gasteiger partial charge is 0.443 e. The molecule has 0 aromatic carbocycles. The van der Waals surface area contributed by atoms with E-state index in [1.807, 2.05) is 69.2 Å². The minimum atomic E-state index is -3.12. The van der Waals surface area contributed by atoms with E-state index in [1.165, 1.54) is 0 Å². The van der Waals surface area contributed by atoms with Crippen LogP contribution in [0.15, 0.2) is 9.49 Å². The quantitative estimate of drug-likeness (QED) is 0.0455. The van der Waals surface area contributed by atoms with E-state index in [0.717, 1.165) is 0 Å². The minimum Gasteiger partial charge on any atom is -0.443 e. The van der Waals surface area contributed by atoms with E-state index in [0.29, 0.717) is 0 Å². The van der Waals surface area contributed by atoms with Crippen molar-refractivity contribution >= 4 is 61.2 Å². The third kappa shape index (κ3) is 22.7. The van der Waals surface area contributed by atoms with Crippen molar-refractivity contribution in [3.05, 3.63) is 0 Å². The van der Waals surface area contributed by atoms with Gasteiger partial charge in [-0.25, -0.2) is 30.7 Å². The summed E-state index contributed by atoms with van der Waals surface area (Å²) in [6.45, 7) is 32.1. The standard InChI is InChI=1S/C38H78ClN11O9P2/c1-32(2,3)49-61(41-24-21-27(52)44-47-30(55)58-34(7,8)9,42-25-22-28(53)45-48-31(56)59-35(10,11)12)38(18,19)37(16,17)50-60(39,36(13,14)15)40-23-20-26(51)43-46-29(54)57-33(4,5)6/h41-42,50H,20-25H2,1-19H3,(H,43,51)(H,44,52)(H,45,53)(H,46,54)(H,47,55)(H,48,56). The maximum atomic E-state index is 13.0. The first-order valence-electron chi connectivity index (χ1n) is 20.2. The highest BCUT2D eigenvalue weighted by Gasteiger charge is 2.52. The lowest BCUT2D eigenvalue weighted by molar-refractivity contribution is -0.122. The third-order valence-corrected chi connectivity index (χ3v) is 18.0. The molecule has 0 bridgehead atoms. The minimum absolute atomic E-state index is 0.0297. The molecule has 0 rings (SSSR count). The van der Waals surface area contributed by atoms with Crippen LogP contribution >= 0.6 is 25.2 Å². The number of halogens is 1. The van der Waals surface area contributed by atoms with Gasteiger partial charge in [-0.1, -0.05) is 45.9 Å². The second-order valence-corrected chi connectivity index (χ2v) is 28.0. The number of hydrazine groups is 3. The van der Waals surface area contributed by atoms with Crippen LogP contribution in [0.2, 0.25) is 0 Å². The van der Waals surface area contributed by atoms with Crippen molar-refractivity contribution in [3.63, 3.8) is 0 Å². The first-order valence-corrected chi connectivity index (χ1v) is 24.6. The number of carbonyl (C=O) groups is 6. The number of nitrogens with zero attached hydrogens (tertiary/aromatic N) is 2. The first kappa shape index (κ1) is 57.9. The van der Waals surface area contributed by atoms with Crippen LogP contribution in [-0.2, 0) is 28.6 Å². The van der Waals surface area contributed by atoms with Crippen molar-refractivity contribution in [3.8, 4) is 0 Å². The van der Waals surface area contributed by atoms with Crippen molar-refractivity contribution in [1.82, 2.24) is 47.8 Å². The number of nitrogens with one attached hydrogen (secondary N) is 9. The molecule has 0 heterocycles. The molecular formula is C38H78ClN11O9P2. The summed E-state index contributed by atoms with van der Waals surface area (Å²) < 4.78 is 25.9. The summed E-state index contributed by atoms with van der Waals surface area (Å²) in [7, 11) is -3.12. The van der Waals surface area contributed by atoms with Gasteiger partial charge in [0.2, 0.25) is 17.7 Å². The fourth-order valence-corrected chi connectivity index (χ4v) is 11.9. The molecule has 0 fully saturated rings. The maximum absolute atomic E-state index is 13.0. The highest BCUT2D eigenvalue weighted by atomic mass is 35.7. The van der Waals surface area contributed by atoms with E-state index < -0.39 is 88.1 Å². The summed E-state index contributed by atoms with van der Waals surface area (Å²) in [5.41, 5.74) is 9.96. The zero-order valence-corrected chi connectivity index (χ0v) is 42.6. The summed E-state index contributed by atoms with van der Waals surface area (Å²) in [6.07, 6.45) is -2.69. The predicted octanol–water partition coefficient (Wildman–Crippen LogP) is 7.05. The second-order valence-electron chi connectivity index (χ2n) is 20.4. The van der Waals surface area contributed by atoms with Crippen LogP contribution in [-0.4, -0.2) is 93.8 Å². The van der Waals surface area contributed by atoms with Crippen molar-refractivity contribution in [2.75, 3.05) is 19.6 Å². The molecule has 0 saturated carbocycles. The van der Waals surface area contributed by atoms with Crippen molar-refractivity contribution in [1.29, 1.82) is 0 Å². The van der Waals surface area contributed by atoms with Crippen LogP contribution in [0, 0.1) is 0 Å². The monoisotopic (exact) mass is 930 g/mol. The normalized spacial score (nSPS) is 14.0. The lowest BCUT2D eigenvalue weighted by atomic mass is 9.91. The van der Waals surface area contributed by atoms with Gasteiger partial charge in [-0.15, -0.1) is 0 Å². The number of carbonyl (C=O) groups excluding carboxylic acids is 6. The van der Waals surface area contributed by atoms with Gasteiger partial charge in [0.25, 0.3) is 0 Å². The van der Waals surface area contributed by atoms with Gasteiger partial charge in [-0.2, -0.15) is 0 Å². The van der Waals surface area contributed by atoms with Gasteiger partial charge in [-0.05, 0) is 96.9 Å². The molecule has 1 unspecified atom stereocenters. The third-order valence-electron chi connectivity index (χ3n) is 8.23. The Morgan fingerprint density at radius 1 is 0.508 bits per heavy atom. The van der Waals surface area contributed by atoms with E-state index in [2.05, 4.69) is 47.8 Å². The molecular weight excluding hydrogens is 852 g/mol. The molecule has 0 saturated heterocycles.